The van der Waals surface area contributed by atoms with Crippen LogP contribution in [0.4, 0.5) is 5.69 Å². The minimum Gasteiger partial charge on any atom is -0.483 e. The molecular formula is C17H16Cl2N2O3. The summed E-state index contributed by atoms with van der Waals surface area (Å²) in [6.45, 7) is 3.46. The Morgan fingerprint density at radius 2 is 1.88 bits per heavy atom. The van der Waals surface area contributed by atoms with Crippen LogP contribution in [-0.2, 0) is 4.79 Å². The van der Waals surface area contributed by atoms with Crippen LogP contribution in [0, 0.1) is 13.8 Å². The van der Waals surface area contributed by atoms with Crippen LogP contribution < -0.4 is 15.8 Å². The predicted octanol–water partition coefficient (Wildman–Crippen LogP) is 3.73. The zero-order chi connectivity index (χ0) is 17.9. The second-order valence-electron chi connectivity index (χ2n) is 5.28. The van der Waals surface area contributed by atoms with E-state index in [1.165, 1.54) is 12.1 Å². The van der Waals surface area contributed by atoms with E-state index in [9.17, 15) is 9.59 Å². The first-order valence-corrected chi connectivity index (χ1v) is 7.82. The van der Waals surface area contributed by atoms with Gasteiger partial charge in [-0.3, -0.25) is 9.59 Å². The maximum absolute atomic E-state index is 12.1. The third-order valence-corrected chi connectivity index (χ3v) is 3.80. The average Bonchev–Trinajstić information content (AvgIpc) is 2.49. The van der Waals surface area contributed by atoms with Gasteiger partial charge in [0, 0.05) is 5.02 Å². The van der Waals surface area contributed by atoms with Gasteiger partial charge in [0.1, 0.15) is 5.75 Å². The van der Waals surface area contributed by atoms with Crippen molar-refractivity contribution in [3.05, 3.63) is 57.1 Å². The first-order valence-electron chi connectivity index (χ1n) is 7.06. The SMILES string of the molecule is Cc1cc(C)c(NC(=O)COc2ccc(Cl)cc2C(N)=O)c(Cl)c1. The molecule has 0 atom stereocenters. The van der Waals surface area contributed by atoms with Crippen LogP contribution in [0.5, 0.6) is 5.75 Å². The van der Waals surface area contributed by atoms with Crippen LogP contribution in [0.25, 0.3) is 0 Å². The number of nitrogens with two attached hydrogens (primary N) is 1. The molecule has 0 radical (unpaired) electrons. The standard InChI is InChI=1S/C17H16Cl2N2O3/c1-9-5-10(2)16(13(19)6-9)21-15(22)8-24-14-4-3-11(18)7-12(14)17(20)23/h3-7H,8H2,1-2H3,(H2,20,23)(H,21,22). The summed E-state index contributed by atoms with van der Waals surface area (Å²) in [6.07, 6.45) is 0. The summed E-state index contributed by atoms with van der Waals surface area (Å²) >= 11 is 12.0. The summed E-state index contributed by atoms with van der Waals surface area (Å²) in [5.74, 6) is -0.909. The number of carbonyl (C=O) groups excluding carboxylic acids is 2. The summed E-state index contributed by atoms with van der Waals surface area (Å²) in [4.78, 5) is 23.5. The van der Waals surface area contributed by atoms with Crippen molar-refractivity contribution < 1.29 is 14.3 Å². The van der Waals surface area contributed by atoms with Gasteiger partial charge in [-0.2, -0.15) is 0 Å². The second kappa shape index (κ2) is 7.55. The van der Waals surface area contributed by atoms with Crippen LogP contribution >= 0.6 is 23.2 Å². The lowest BCUT2D eigenvalue weighted by molar-refractivity contribution is -0.118. The van der Waals surface area contributed by atoms with Gasteiger partial charge < -0.3 is 15.8 Å². The molecule has 0 aliphatic rings. The normalized spacial score (nSPS) is 10.3. The predicted molar refractivity (Wildman–Crippen MR) is 95.0 cm³/mol. The van der Waals surface area contributed by atoms with Crippen molar-refractivity contribution >= 4 is 40.7 Å². The molecule has 0 aliphatic carbocycles. The lowest BCUT2D eigenvalue weighted by atomic mass is 10.1. The van der Waals surface area contributed by atoms with E-state index in [1.54, 1.807) is 12.1 Å². The molecule has 2 aromatic carbocycles. The van der Waals surface area contributed by atoms with Crippen LogP contribution in [0.2, 0.25) is 10.0 Å². The van der Waals surface area contributed by atoms with Crippen molar-refractivity contribution in [1.82, 2.24) is 0 Å². The molecule has 0 saturated heterocycles. The molecule has 0 heterocycles. The van der Waals surface area contributed by atoms with Gasteiger partial charge in [0.25, 0.3) is 11.8 Å². The Morgan fingerprint density at radius 3 is 2.50 bits per heavy atom. The van der Waals surface area contributed by atoms with Gasteiger partial charge >= 0.3 is 0 Å². The molecule has 0 aromatic heterocycles. The van der Waals surface area contributed by atoms with Gasteiger partial charge in [-0.1, -0.05) is 29.3 Å². The third kappa shape index (κ3) is 4.40. The van der Waals surface area contributed by atoms with Gasteiger partial charge in [0.2, 0.25) is 0 Å². The van der Waals surface area contributed by atoms with E-state index in [-0.39, 0.29) is 17.9 Å². The molecule has 24 heavy (non-hydrogen) atoms. The molecule has 0 aliphatic heterocycles. The molecule has 2 amide bonds. The number of hydrogen-bond acceptors (Lipinski definition) is 3. The zero-order valence-corrected chi connectivity index (χ0v) is 14.7. The number of amides is 2. The molecule has 2 aromatic rings. The monoisotopic (exact) mass is 366 g/mol. The number of carbonyl (C=O) groups is 2. The number of anilines is 1. The quantitative estimate of drug-likeness (QED) is 0.845. The van der Waals surface area contributed by atoms with Gasteiger partial charge in [-0.15, -0.1) is 0 Å². The highest BCUT2D eigenvalue weighted by Crippen LogP contribution is 2.27. The Hall–Kier alpha value is -2.24. The minimum atomic E-state index is -0.690. The summed E-state index contributed by atoms with van der Waals surface area (Å²) in [7, 11) is 0. The molecule has 3 N–H and O–H groups in total. The first-order chi connectivity index (χ1) is 11.3. The van der Waals surface area contributed by atoms with E-state index in [1.807, 2.05) is 19.9 Å². The highest BCUT2D eigenvalue weighted by Gasteiger charge is 2.14. The third-order valence-electron chi connectivity index (χ3n) is 3.26. The van der Waals surface area contributed by atoms with E-state index >= 15 is 0 Å². The molecule has 2 rings (SSSR count). The van der Waals surface area contributed by atoms with E-state index in [0.717, 1.165) is 11.1 Å². The van der Waals surface area contributed by atoms with E-state index < -0.39 is 11.8 Å². The lowest BCUT2D eigenvalue weighted by Crippen LogP contribution is -2.22. The van der Waals surface area contributed by atoms with Crippen molar-refractivity contribution in [2.75, 3.05) is 11.9 Å². The summed E-state index contributed by atoms with van der Waals surface area (Å²) in [6, 6.07) is 8.09. The highest BCUT2D eigenvalue weighted by atomic mass is 35.5. The number of ether oxygens (including phenoxy) is 1. The largest absolute Gasteiger partial charge is 0.483 e. The van der Waals surface area contributed by atoms with Gasteiger partial charge in [-0.05, 0) is 49.2 Å². The van der Waals surface area contributed by atoms with Crippen LogP contribution in [0.3, 0.4) is 0 Å². The Kier molecular flexibility index (Phi) is 5.70. The van der Waals surface area contributed by atoms with Crippen molar-refractivity contribution in [2.45, 2.75) is 13.8 Å². The maximum atomic E-state index is 12.1. The number of primary amides is 1. The fourth-order valence-electron chi connectivity index (χ4n) is 2.21. The Balaban J connectivity index is 2.09. The Bertz CT molecular complexity index is 783. The van der Waals surface area contributed by atoms with Crippen molar-refractivity contribution in [2.24, 2.45) is 5.73 Å². The number of benzene rings is 2. The van der Waals surface area contributed by atoms with Crippen LogP contribution in [0.15, 0.2) is 30.3 Å². The number of nitrogens with one attached hydrogen (secondary N) is 1. The number of halogens is 2. The minimum absolute atomic E-state index is 0.111. The Labute approximate surface area is 149 Å². The molecule has 0 saturated carbocycles. The molecule has 5 nitrogen and oxygen atoms in total. The number of aryl methyl sites for hydroxylation is 2. The van der Waals surface area contributed by atoms with Crippen LogP contribution in [-0.4, -0.2) is 18.4 Å². The summed E-state index contributed by atoms with van der Waals surface area (Å²) < 4.78 is 5.38. The zero-order valence-electron chi connectivity index (χ0n) is 13.2. The van der Waals surface area contributed by atoms with Crippen molar-refractivity contribution in [3.8, 4) is 5.75 Å². The van der Waals surface area contributed by atoms with Gasteiger partial charge in [-0.25, -0.2) is 0 Å². The number of rotatable bonds is 5. The average molecular weight is 367 g/mol. The second-order valence-corrected chi connectivity index (χ2v) is 6.12. The number of hydrogen-bond donors (Lipinski definition) is 2. The molecule has 0 unspecified atom stereocenters. The van der Waals surface area contributed by atoms with Crippen LogP contribution in [0.1, 0.15) is 21.5 Å². The Morgan fingerprint density at radius 1 is 1.17 bits per heavy atom. The summed E-state index contributed by atoms with van der Waals surface area (Å²) in [5.41, 5.74) is 7.76. The van der Waals surface area contributed by atoms with E-state index in [4.69, 9.17) is 33.7 Å². The smallest absolute Gasteiger partial charge is 0.262 e. The van der Waals surface area contributed by atoms with Gasteiger partial charge in [0.15, 0.2) is 6.61 Å². The summed E-state index contributed by atoms with van der Waals surface area (Å²) in [5, 5.41) is 3.50. The molecule has 0 spiro atoms. The fourth-order valence-corrected chi connectivity index (χ4v) is 2.75. The van der Waals surface area contributed by atoms with Crippen molar-refractivity contribution in [3.63, 3.8) is 0 Å². The fraction of sp³-hybridized carbons (Fsp3) is 0.176. The molecule has 7 heteroatoms. The van der Waals surface area contributed by atoms with Gasteiger partial charge in [0.05, 0.1) is 16.3 Å². The molecule has 126 valence electrons. The molecule has 0 bridgehead atoms. The molecular weight excluding hydrogens is 351 g/mol. The van der Waals surface area contributed by atoms with Crippen molar-refractivity contribution in [1.29, 1.82) is 0 Å². The molecule has 0 fully saturated rings. The highest BCUT2D eigenvalue weighted by molar-refractivity contribution is 6.34. The topological polar surface area (TPSA) is 81.4 Å². The van der Waals surface area contributed by atoms with E-state index in [2.05, 4.69) is 5.32 Å². The van der Waals surface area contributed by atoms with E-state index in [0.29, 0.717) is 15.7 Å². The maximum Gasteiger partial charge on any atom is 0.262 e. The lowest BCUT2D eigenvalue weighted by Gasteiger charge is -2.13. The first kappa shape index (κ1) is 18.1.